The predicted molar refractivity (Wildman–Crippen MR) is 59.7 cm³/mol. The van der Waals surface area contributed by atoms with E-state index in [1.807, 2.05) is 30.3 Å². The molecule has 0 unspecified atom stereocenters. The summed E-state index contributed by atoms with van der Waals surface area (Å²) in [6.45, 7) is 0. The third-order valence-electron chi connectivity index (χ3n) is 2.14. The molecule has 0 N–H and O–H groups in total. The zero-order valence-corrected chi connectivity index (χ0v) is 8.79. The lowest BCUT2D eigenvalue weighted by atomic mass is 10.3. The molecular formula is C12H11NO3. The minimum Gasteiger partial charge on any atom is -0.470 e. The van der Waals surface area contributed by atoms with Crippen molar-refractivity contribution in [3.8, 4) is 0 Å². The number of furan rings is 1. The van der Waals surface area contributed by atoms with Gasteiger partial charge in [-0.15, -0.1) is 0 Å². The molecule has 4 nitrogen and oxygen atoms in total. The zero-order valence-electron chi connectivity index (χ0n) is 8.79. The highest BCUT2D eigenvalue weighted by Gasteiger charge is 2.18. The summed E-state index contributed by atoms with van der Waals surface area (Å²) in [4.78, 5) is 13.1. The van der Waals surface area contributed by atoms with Crippen LogP contribution in [-0.2, 0) is 4.74 Å². The number of benzene rings is 1. The predicted octanol–water partition coefficient (Wildman–Crippen LogP) is 3.18. The number of rotatable bonds is 2. The summed E-state index contributed by atoms with van der Waals surface area (Å²) in [7, 11) is 1.35. The third kappa shape index (κ3) is 1.91. The van der Waals surface area contributed by atoms with Gasteiger partial charge in [-0.05, 0) is 12.1 Å². The van der Waals surface area contributed by atoms with E-state index in [0.29, 0.717) is 5.69 Å². The Bertz CT molecular complexity index is 450. The van der Waals surface area contributed by atoms with Gasteiger partial charge < -0.3 is 9.15 Å². The fourth-order valence-electron chi connectivity index (χ4n) is 1.41. The fraction of sp³-hybridized carbons (Fsp3) is 0.0833. The average molecular weight is 217 g/mol. The molecule has 1 heterocycles. The van der Waals surface area contributed by atoms with Crippen molar-refractivity contribution in [3.63, 3.8) is 0 Å². The Labute approximate surface area is 93.0 Å². The van der Waals surface area contributed by atoms with E-state index in [2.05, 4.69) is 0 Å². The Balaban J connectivity index is 2.40. The number of carbonyl (C=O) groups is 1. The molecule has 0 fully saturated rings. The standard InChI is InChI=1S/C12H11NO3/c1-15-12(14)13(11-7-8-16-9-11)10-5-3-2-4-6-10/h2-9H,1H3. The lowest BCUT2D eigenvalue weighted by Crippen LogP contribution is -2.25. The summed E-state index contributed by atoms with van der Waals surface area (Å²) in [5, 5.41) is 0. The second kappa shape index (κ2) is 4.53. The summed E-state index contributed by atoms with van der Waals surface area (Å²) in [6, 6.07) is 10.9. The largest absolute Gasteiger partial charge is 0.470 e. The topological polar surface area (TPSA) is 42.7 Å². The summed E-state index contributed by atoms with van der Waals surface area (Å²) in [5.41, 5.74) is 1.37. The number of ether oxygens (including phenoxy) is 1. The maximum atomic E-state index is 11.7. The number of hydrogen-bond donors (Lipinski definition) is 0. The van der Waals surface area contributed by atoms with Gasteiger partial charge in [-0.3, -0.25) is 0 Å². The van der Waals surface area contributed by atoms with Crippen LogP contribution in [0.15, 0.2) is 53.3 Å². The van der Waals surface area contributed by atoms with Gasteiger partial charge in [0, 0.05) is 6.07 Å². The molecule has 2 rings (SSSR count). The number of hydrogen-bond acceptors (Lipinski definition) is 3. The summed E-state index contributed by atoms with van der Waals surface area (Å²) < 4.78 is 9.70. The maximum Gasteiger partial charge on any atom is 0.418 e. The van der Waals surface area contributed by atoms with Crippen LogP contribution in [0.25, 0.3) is 0 Å². The van der Waals surface area contributed by atoms with Crippen molar-refractivity contribution in [3.05, 3.63) is 48.9 Å². The van der Waals surface area contributed by atoms with Crippen LogP contribution in [-0.4, -0.2) is 13.2 Å². The minimum atomic E-state index is -0.451. The van der Waals surface area contributed by atoms with Gasteiger partial charge >= 0.3 is 6.09 Å². The van der Waals surface area contributed by atoms with Crippen LogP contribution in [0.3, 0.4) is 0 Å². The van der Waals surface area contributed by atoms with Gasteiger partial charge in [-0.2, -0.15) is 0 Å². The quantitative estimate of drug-likeness (QED) is 0.775. The van der Waals surface area contributed by atoms with Crippen LogP contribution in [0.1, 0.15) is 0 Å². The Hall–Kier alpha value is -2.23. The van der Waals surface area contributed by atoms with Crippen molar-refractivity contribution in [2.45, 2.75) is 0 Å². The summed E-state index contributed by atoms with van der Waals surface area (Å²) >= 11 is 0. The van der Waals surface area contributed by atoms with E-state index in [9.17, 15) is 4.79 Å². The Morgan fingerprint density at radius 1 is 1.19 bits per heavy atom. The number of para-hydroxylation sites is 1. The molecule has 0 aliphatic carbocycles. The normalized spacial score (nSPS) is 9.81. The molecular weight excluding hydrogens is 206 g/mol. The maximum absolute atomic E-state index is 11.7. The SMILES string of the molecule is COC(=O)N(c1ccccc1)c1ccoc1. The average Bonchev–Trinajstić information content (AvgIpc) is 2.84. The minimum absolute atomic E-state index is 0.451. The zero-order chi connectivity index (χ0) is 11.4. The smallest absolute Gasteiger partial charge is 0.418 e. The monoisotopic (exact) mass is 217 g/mol. The summed E-state index contributed by atoms with van der Waals surface area (Å²) in [6.07, 6.45) is 2.55. The van der Waals surface area contributed by atoms with Crippen LogP contribution in [0.5, 0.6) is 0 Å². The molecule has 0 atom stereocenters. The number of anilines is 2. The molecule has 0 aliphatic rings. The first kappa shape index (κ1) is 10.3. The lowest BCUT2D eigenvalue weighted by molar-refractivity contribution is 0.181. The van der Waals surface area contributed by atoms with E-state index in [0.717, 1.165) is 5.69 Å². The molecule has 16 heavy (non-hydrogen) atoms. The van der Waals surface area contributed by atoms with E-state index >= 15 is 0 Å². The second-order valence-corrected chi connectivity index (χ2v) is 3.12. The third-order valence-corrected chi connectivity index (χ3v) is 2.14. The van der Waals surface area contributed by atoms with Crippen LogP contribution in [0, 0.1) is 0 Å². The highest BCUT2D eigenvalue weighted by atomic mass is 16.5. The fourth-order valence-corrected chi connectivity index (χ4v) is 1.41. The van der Waals surface area contributed by atoms with Crippen molar-refractivity contribution in [2.24, 2.45) is 0 Å². The molecule has 0 saturated carbocycles. The summed E-state index contributed by atoms with van der Waals surface area (Å²) in [5.74, 6) is 0. The molecule has 0 spiro atoms. The molecule has 82 valence electrons. The molecule has 0 radical (unpaired) electrons. The van der Waals surface area contributed by atoms with Crippen LogP contribution in [0.2, 0.25) is 0 Å². The van der Waals surface area contributed by atoms with Gasteiger partial charge in [0.2, 0.25) is 0 Å². The number of carbonyl (C=O) groups excluding carboxylic acids is 1. The Morgan fingerprint density at radius 3 is 2.50 bits per heavy atom. The molecule has 1 aromatic heterocycles. The van der Waals surface area contributed by atoms with Crippen molar-refractivity contribution in [1.29, 1.82) is 0 Å². The first-order valence-electron chi connectivity index (χ1n) is 4.78. The first-order valence-corrected chi connectivity index (χ1v) is 4.78. The number of amides is 1. The van der Waals surface area contributed by atoms with Gasteiger partial charge in [-0.1, -0.05) is 18.2 Å². The van der Waals surface area contributed by atoms with Crippen molar-refractivity contribution < 1.29 is 13.9 Å². The highest BCUT2D eigenvalue weighted by molar-refractivity contribution is 5.95. The van der Waals surface area contributed by atoms with E-state index in [1.165, 1.54) is 24.5 Å². The van der Waals surface area contributed by atoms with Crippen molar-refractivity contribution in [2.75, 3.05) is 12.0 Å². The van der Waals surface area contributed by atoms with Gasteiger partial charge in [0.15, 0.2) is 0 Å². The molecule has 1 aromatic carbocycles. The van der Waals surface area contributed by atoms with E-state index in [1.54, 1.807) is 6.07 Å². The van der Waals surface area contributed by atoms with E-state index in [-0.39, 0.29) is 0 Å². The molecule has 0 saturated heterocycles. The first-order chi connectivity index (χ1) is 7.83. The van der Waals surface area contributed by atoms with E-state index in [4.69, 9.17) is 9.15 Å². The Morgan fingerprint density at radius 2 is 1.94 bits per heavy atom. The second-order valence-electron chi connectivity index (χ2n) is 3.12. The molecule has 2 aromatic rings. The van der Waals surface area contributed by atoms with Crippen molar-refractivity contribution >= 4 is 17.5 Å². The van der Waals surface area contributed by atoms with Crippen LogP contribution >= 0.6 is 0 Å². The number of methoxy groups -OCH3 is 1. The van der Waals surface area contributed by atoms with Gasteiger partial charge in [0.25, 0.3) is 0 Å². The molecule has 0 aliphatic heterocycles. The lowest BCUT2D eigenvalue weighted by Gasteiger charge is -2.18. The van der Waals surface area contributed by atoms with Crippen molar-refractivity contribution in [1.82, 2.24) is 0 Å². The number of nitrogens with zero attached hydrogens (tertiary/aromatic N) is 1. The molecule has 1 amide bonds. The van der Waals surface area contributed by atoms with Crippen LogP contribution < -0.4 is 4.90 Å². The Kier molecular flexibility index (Phi) is 2.91. The van der Waals surface area contributed by atoms with Crippen LogP contribution in [0.4, 0.5) is 16.2 Å². The molecule has 0 bridgehead atoms. The van der Waals surface area contributed by atoms with E-state index < -0.39 is 6.09 Å². The molecule has 4 heteroatoms. The van der Waals surface area contributed by atoms with Gasteiger partial charge in [-0.25, -0.2) is 9.69 Å². The van der Waals surface area contributed by atoms with Gasteiger partial charge in [0.05, 0.1) is 24.7 Å². The van der Waals surface area contributed by atoms with Gasteiger partial charge in [0.1, 0.15) is 6.26 Å². The highest BCUT2D eigenvalue weighted by Crippen LogP contribution is 2.25.